The molecule has 2 amide bonds. The molecule has 0 unspecified atom stereocenters. The minimum absolute atomic E-state index is 0.0206. The number of piperazine rings is 1. The van der Waals surface area contributed by atoms with E-state index in [0.717, 1.165) is 132 Å². The number of para-hydroxylation sites is 1. The third-order valence-corrected chi connectivity index (χ3v) is 25.1. The average molecular weight is 1930 g/mol. The zero-order valence-electron chi connectivity index (χ0n) is 77.3. The second-order valence-corrected chi connectivity index (χ2v) is 34.4. The van der Waals surface area contributed by atoms with Crippen molar-refractivity contribution in [3.05, 3.63) is 351 Å². The maximum Gasteiger partial charge on any atom is 0.416 e. The number of hydrogen-bond donors (Lipinski definition) is 4. The van der Waals surface area contributed by atoms with Crippen molar-refractivity contribution in [2.75, 3.05) is 91.9 Å². The van der Waals surface area contributed by atoms with Gasteiger partial charge in [-0.25, -0.2) is 14.4 Å². The normalized spacial score (nSPS) is 13.1. The number of rotatable bonds is 31. The Hall–Kier alpha value is -14.7. The van der Waals surface area contributed by atoms with Crippen LogP contribution in [-0.4, -0.2) is 168 Å². The summed E-state index contributed by atoms with van der Waals surface area (Å²) < 4.78 is 77.0. The van der Waals surface area contributed by atoms with E-state index in [1.165, 1.54) is 44.2 Å². The number of carbonyl (C=O) groups is 5. The van der Waals surface area contributed by atoms with Crippen molar-refractivity contribution in [2.45, 2.75) is 117 Å². The van der Waals surface area contributed by atoms with Crippen LogP contribution in [0.2, 0.25) is 5.02 Å². The molecule has 139 heavy (non-hydrogen) atoms. The summed E-state index contributed by atoms with van der Waals surface area (Å²) in [5.74, 6) is 2.76. The fourth-order valence-electron chi connectivity index (χ4n) is 16.6. The zero-order valence-corrected chi connectivity index (χ0v) is 78.9. The number of nitrogens with zero attached hydrogens (tertiary/aromatic N) is 8. The molecule has 3 aliphatic heterocycles. The van der Waals surface area contributed by atoms with Gasteiger partial charge in [-0.05, 0) is 227 Å². The molecule has 3 aliphatic rings. The third kappa shape index (κ3) is 24.6. The molecule has 0 aliphatic carbocycles. The van der Waals surface area contributed by atoms with Crippen molar-refractivity contribution in [3.63, 3.8) is 0 Å². The number of allylic oxidation sites excluding steroid dienone is 1. The van der Waals surface area contributed by atoms with Crippen molar-refractivity contribution in [2.24, 2.45) is 0 Å². The number of aryl methyl sites for hydroxylation is 6. The molecule has 0 atom stereocenters. The number of anilines is 1. The molecule has 17 rings (SSSR count). The van der Waals surface area contributed by atoms with Gasteiger partial charge in [-0.3, -0.25) is 70.9 Å². The quantitative estimate of drug-likeness (QED) is 0.0136. The smallest absolute Gasteiger partial charge is 0.416 e. The van der Waals surface area contributed by atoms with Gasteiger partial charge in [0.05, 0.1) is 93.6 Å². The number of Topliss-reactive ketones (excluding diaryl/α,β-unsaturated/α-hetero) is 3. The lowest BCUT2D eigenvalue weighted by atomic mass is 10.0. The highest BCUT2D eigenvalue weighted by Crippen LogP contribution is 2.35. The van der Waals surface area contributed by atoms with Crippen LogP contribution >= 0.6 is 23.8 Å². The van der Waals surface area contributed by atoms with Crippen LogP contribution in [0.15, 0.2) is 245 Å². The Morgan fingerprint density at radius 1 is 0.525 bits per heavy atom. The number of fused-ring (bicyclic) bond motifs is 5. The number of ketones is 3. The number of aromatic amines is 3. The summed E-state index contributed by atoms with van der Waals surface area (Å²) in [6, 6.07) is 51.2. The summed E-state index contributed by atoms with van der Waals surface area (Å²) in [6.07, 6.45) is 3.49. The van der Waals surface area contributed by atoms with Gasteiger partial charge in [-0.1, -0.05) is 91.3 Å². The molecule has 8 heterocycles. The van der Waals surface area contributed by atoms with Crippen molar-refractivity contribution in [1.29, 1.82) is 0 Å². The maximum absolute atomic E-state index is 13.4. The van der Waals surface area contributed by atoms with Gasteiger partial charge in [0.2, 0.25) is 12.7 Å². The highest BCUT2D eigenvalue weighted by molar-refractivity contribution is 7.71. The molecule has 0 saturated carbocycles. The van der Waals surface area contributed by atoms with Gasteiger partial charge in [0, 0.05) is 113 Å². The number of alkyl halides is 3. The second kappa shape index (κ2) is 46.0. The van der Waals surface area contributed by atoms with Crippen LogP contribution in [0.5, 0.6) is 23.0 Å². The van der Waals surface area contributed by atoms with Crippen LogP contribution in [0.25, 0.3) is 49.3 Å². The number of furan rings is 1. The van der Waals surface area contributed by atoms with Gasteiger partial charge >= 0.3 is 23.2 Å². The molecule has 2 saturated heterocycles. The highest BCUT2D eigenvalue weighted by atomic mass is 35.5. The number of methoxy groups -OCH3 is 2. The zero-order chi connectivity index (χ0) is 98.7. The van der Waals surface area contributed by atoms with Gasteiger partial charge in [0.1, 0.15) is 23.8 Å². The number of amides is 2. The Bertz CT molecular complexity index is 7480. The van der Waals surface area contributed by atoms with E-state index >= 15 is 0 Å². The number of unbranched alkanes of at least 4 members (excludes halogenated alkanes) is 1. The molecule has 0 radical (unpaired) electrons. The number of H-pyrrole nitrogens is 3. The fraction of sp³-hybridized carbons (Fsp3) is 0.298. The summed E-state index contributed by atoms with van der Waals surface area (Å²) in [4.78, 5) is 170. The highest BCUT2D eigenvalue weighted by Gasteiger charge is 2.32. The maximum atomic E-state index is 13.4. The molecule has 722 valence electrons. The lowest BCUT2D eigenvalue weighted by Gasteiger charge is -2.34. The largest absolute Gasteiger partial charge is 0.496 e. The van der Waals surface area contributed by atoms with Crippen molar-refractivity contribution < 1.29 is 65.2 Å². The molecular weight excluding hydrogens is 1830 g/mol. The molecule has 35 heteroatoms. The van der Waals surface area contributed by atoms with Gasteiger partial charge in [0.25, 0.3) is 28.1 Å². The lowest BCUT2D eigenvalue weighted by molar-refractivity contribution is -0.137. The number of halogens is 4. The minimum Gasteiger partial charge on any atom is -0.496 e. The molecule has 30 nitrogen and oxygen atoms in total. The minimum atomic E-state index is -4.62. The SMILES string of the molecule is C=CCCn1c(=O)c2ccc(C(=O)CCc3ccc4c(c3)OCO4)cc2n(CC(=O)Nc2ccccc2)c1=O.CCN1CCN(C(=O)c2ccc3c(=O)n(CCc4ccc(C)c(OC)c4)c(=O)[nH]c3c2)CC1.COc1cc(CCn2c(=O)[nH]c3cc(C(=O)CCCCN4CCOCC4)ccc3c2=O)ccc1C.O=C(CCc1ccco1)c1ccc2c(=O)n(-c3cc(C(F)(F)F)ccc3Cl)c(=S)[nH]c2c1. The number of hydrogen-bond acceptors (Lipinski definition) is 21. The van der Waals surface area contributed by atoms with E-state index in [2.05, 4.69) is 43.6 Å². The van der Waals surface area contributed by atoms with Crippen LogP contribution < -0.4 is 63.6 Å². The van der Waals surface area contributed by atoms with E-state index in [1.807, 2.05) is 79.4 Å². The van der Waals surface area contributed by atoms with E-state index in [4.69, 9.17) is 51.9 Å². The van der Waals surface area contributed by atoms with E-state index < -0.39 is 45.8 Å². The summed E-state index contributed by atoms with van der Waals surface area (Å²) in [5.41, 5.74) is 3.97. The Kier molecular flexibility index (Phi) is 33.1. The standard InChI is InChI=1S/C30H27N3O6.C27H33N3O5.C25H30N4O4.C22H14ClF3N2O3S/c1-2-3-15-32-29(36)23-12-11-21(25(34)13-9-20-10-14-26-27(16-20)39-19-38-26)17-24(23)33(30(32)37)18-28(35)31-22-7-5-4-6-8-22;1-19-6-7-20(17-25(19)34-2)10-12-30-26(32)22-9-8-21(18-23(22)28-27(30)33)24(31)5-3-4-11-29-13-15-35-16-14-29;1-4-27-11-13-28(14-12-27)23(30)19-7-8-20-21(16-19)26-25(32)29(24(20)31)10-9-18-6-5-17(2)22(15-18)33-3;23-16-7-4-13(22(24,25)26)11-18(16)28-20(30)15-6-3-12(10-17(15)27-21(28)32)19(29)8-5-14-2-1-9-31-14/h2,4-8,10-12,14,16-17H,1,3,9,13,15,18-19H2,(H,31,35);6-9,17-18H,3-5,10-16H2,1-2H3,(H,28,33);5-8,15-16H,4,9-14H2,1-3H3,(H,26,32);1-4,6-7,9-11H,5,8H2,(H,27,32). The number of nitrogens with one attached hydrogen (secondary N) is 4. The molecule has 2 fully saturated rings. The van der Waals surface area contributed by atoms with Crippen molar-refractivity contribution in [3.8, 4) is 28.7 Å². The number of likely N-dealkylation sites (N-methyl/N-ethyl adjacent to an activating group) is 1. The summed E-state index contributed by atoms with van der Waals surface area (Å²) in [7, 11) is 3.24. The Morgan fingerprint density at radius 2 is 1.07 bits per heavy atom. The van der Waals surface area contributed by atoms with E-state index in [1.54, 1.807) is 105 Å². The molecule has 4 N–H and O–H groups in total. The monoisotopic (exact) mass is 1930 g/mol. The number of benzene rings is 9. The van der Waals surface area contributed by atoms with Crippen LogP contribution in [-0.2, 0) is 67.6 Å². The topological polar surface area (TPSA) is 358 Å². The molecule has 9 aromatic carbocycles. The predicted octanol–water partition coefficient (Wildman–Crippen LogP) is 15.0. The first-order valence-electron chi connectivity index (χ1n) is 45.5. The van der Waals surface area contributed by atoms with Gasteiger partial charge in [0.15, 0.2) is 33.6 Å². The van der Waals surface area contributed by atoms with Gasteiger partial charge in [-0.2, -0.15) is 13.2 Å². The summed E-state index contributed by atoms with van der Waals surface area (Å²) in [5, 5.41) is 3.89. The number of carbonyl (C=O) groups excluding carboxylic acids is 5. The number of morpholine rings is 1. The van der Waals surface area contributed by atoms with Crippen LogP contribution in [0.4, 0.5) is 18.9 Å². The average Bonchev–Trinajstić information content (AvgIpc) is 1.28. The van der Waals surface area contributed by atoms with Crippen molar-refractivity contribution >= 4 is 102 Å². The Morgan fingerprint density at radius 3 is 1.66 bits per heavy atom. The molecule has 5 aromatic heterocycles. The first kappa shape index (κ1) is 100. The van der Waals surface area contributed by atoms with Gasteiger partial charge in [-0.15, -0.1) is 6.58 Å². The molecule has 0 bridgehead atoms. The Labute approximate surface area is 804 Å². The number of aromatic nitrogens is 8. The van der Waals surface area contributed by atoms with E-state index in [9.17, 15) is 70.7 Å². The summed E-state index contributed by atoms with van der Waals surface area (Å²) in [6.45, 7) is 18.6. The second-order valence-electron chi connectivity index (χ2n) is 33.6. The van der Waals surface area contributed by atoms with Crippen molar-refractivity contribution in [1.82, 2.24) is 52.5 Å². The van der Waals surface area contributed by atoms with Crippen LogP contribution in [0.1, 0.15) is 126 Å². The lowest BCUT2D eigenvalue weighted by Crippen LogP contribution is -2.48. The fourth-order valence-corrected chi connectivity index (χ4v) is 17.1. The third-order valence-electron chi connectivity index (χ3n) is 24.5. The Balaban J connectivity index is 0.000000148. The number of ether oxygens (including phenoxy) is 5. The van der Waals surface area contributed by atoms with Gasteiger partial charge < -0.3 is 58.2 Å². The summed E-state index contributed by atoms with van der Waals surface area (Å²) >= 11 is 11.3. The van der Waals surface area contributed by atoms with Crippen LogP contribution in [0.3, 0.4) is 0 Å². The predicted molar refractivity (Wildman–Crippen MR) is 528 cm³/mol. The molecule has 0 spiro atoms. The molecule has 14 aromatic rings. The van der Waals surface area contributed by atoms with Crippen LogP contribution in [0, 0.1) is 18.6 Å². The van der Waals surface area contributed by atoms with E-state index in [0.29, 0.717) is 124 Å². The first-order valence-corrected chi connectivity index (χ1v) is 46.3. The first-order chi connectivity index (χ1) is 66.9. The van der Waals surface area contributed by atoms with E-state index in [-0.39, 0.29) is 112 Å². The molecular formula is C104H104ClF3N12O18S.